The molecule has 0 saturated carbocycles. The first kappa shape index (κ1) is 13.0. The quantitative estimate of drug-likeness (QED) is 0.832. The van der Waals surface area contributed by atoms with E-state index in [1.54, 1.807) is 18.2 Å². The lowest BCUT2D eigenvalue weighted by Crippen LogP contribution is -2.32. The molecule has 1 aromatic carbocycles. The van der Waals surface area contributed by atoms with Crippen LogP contribution in [0.3, 0.4) is 0 Å². The first-order valence-corrected chi connectivity index (χ1v) is 6.08. The highest BCUT2D eigenvalue weighted by Crippen LogP contribution is 2.18. The fourth-order valence-corrected chi connectivity index (χ4v) is 2.08. The van der Waals surface area contributed by atoms with Crippen molar-refractivity contribution in [2.75, 3.05) is 26.2 Å². The highest BCUT2D eigenvalue weighted by molar-refractivity contribution is 5.76. The summed E-state index contributed by atoms with van der Waals surface area (Å²) in [5, 5.41) is 12.8. The van der Waals surface area contributed by atoms with Gasteiger partial charge >= 0.3 is 0 Å². The van der Waals surface area contributed by atoms with Gasteiger partial charge in [0.15, 0.2) is 0 Å². The third-order valence-corrected chi connectivity index (χ3v) is 3.10. The van der Waals surface area contributed by atoms with Gasteiger partial charge in [-0.25, -0.2) is 4.39 Å². The van der Waals surface area contributed by atoms with Crippen molar-refractivity contribution in [3.8, 4) is 0 Å². The Morgan fingerprint density at radius 2 is 2.17 bits per heavy atom. The fourth-order valence-electron chi connectivity index (χ4n) is 2.08. The first-order chi connectivity index (χ1) is 8.66. The Bertz CT molecular complexity index is 425. The molecule has 1 heterocycles. The van der Waals surface area contributed by atoms with E-state index in [0.717, 1.165) is 0 Å². The molecule has 0 aromatic heterocycles. The summed E-state index contributed by atoms with van der Waals surface area (Å²) in [4.78, 5) is 13.1. The third-order valence-electron chi connectivity index (χ3n) is 3.10. The molecule has 4 nitrogen and oxygen atoms in total. The maximum absolute atomic E-state index is 13.5. The van der Waals surface area contributed by atoms with Gasteiger partial charge in [-0.05, 0) is 6.07 Å². The van der Waals surface area contributed by atoms with E-state index in [9.17, 15) is 14.3 Å². The number of nitrogens with zero attached hydrogens (tertiary/aromatic N) is 1. The molecule has 98 valence electrons. The zero-order chi connectivity index (χ0) is 13.0. The molecule has 5 heteroatoms. The topological polar surface area (TPSA) is 52.6 Å². The summed E-state index contributed by atoms with van der Waals surface area (Å²) in [7, 11) is 0. The Hall–Kier alpha value is -1.46. The summed E-state index contributed by atoms with van der Waals surface area (Å²) in [6.45, 7) is 2.19. The van der Waals surface area contributed by atoms with Gasteiger partial charge in [-0.1, -0.05) is 18.2 Å². The van der Waals surface area contributed by atoms with Crippen molar-refractivity contribution in [3.63, 3.8) is 0 Å². The van der Waals surface area contributed by atoms with Gasteiger partial charge in [-0.15, -0.1) is 0 Å². The Morgan fingerprint density at radius 1 is 1.39 bits per heavy atom. The Kier molecular flexibility index (Phi) is 4.28. The molecule has 0 bridgehead atoms. The van der Waals surface area contributed by atoms with Crippen LogP contribution in [0.1, 0.15) is 18.1 Å². The van der Waals surface area contributed by atoms with Crippen LogP contribution in [0.5, 0.6) is 0 Å². The normalized spacial score (nSPS) is 19.1. The SMILES string of the molecule is O=C1CCN(C[C@@H](O)c2ccccc2F)CCN1. The van der Waals surface area contributed by atoms with E-state index in [4.69, 9.17) is 0 Å². The van der Waals surface area contributed by atoms with E-state index in [1.807, 2.05) is 4.90 Å². The van der Waals surface area contributed by atoms with Crippen LogP contribution in [-0.2, 0) is 4.79 Å². The lowest BCUT2D eigenvalue weighted by molar-refractivity contribution is -0.120. The summed E-state index contributed by atoms with van der Waals surface area (Å²) < 4.78 is 13.5. The van der Waals surface area contributed by atoms with Crippen molar-refractivity contribution >= 4 is 5.91 Å². The van der Waals surface area contributed by atoms with Crippen LogP contribution in [0.15, 0.2) is 24.3 Å². The zero-order valence-electron chi connectivity index (χ0n) is 10.1. The maximum Gasteiger partial charge on any atom is 0.221 e. The smallest absolute Gasteiger partial charge is 0.221 e. The van der Waals surface area contributed by atoms with E-state index in [2.05, 4.69) is 5.32 Å². The van der Waals surface area contributed by atoms with Crippen LogP contribution < -0.4 is 5.32 Å². The number of rotatable bonds is 3. The number of halogens is 1. The number of benzene rings is 1. The molecule has 0 spiro atoms. The van der Waals surface area contributed by atoms with Gasteiger partial charge in [0.2, 0.25) is 5.91 Å². The van der Waals surface area contributed by atoms with Gasteiger partial charge in [-0.2, -0.15) is 0 Å². The number of carbonyl (C=O) groups is 1. The number of aliphatic hydroxyl groups is 1. The number of aliphatic hydroxyl groups excluding tert-OH is 1. The summed E-state index contributed by atoms with van der Waals surface area (Å²) in [5.41, 5.74) is 0.307. The second-order valence-electron chi connectivity index (χ2n) is 4.44. The minimum atomic E-state index is -0.862. The molecule has 0 aliphatic carbocycles. The van der Waals surface area contributed by atoms with Crippen LogP contribution >= 0.6 is 0 Å². The Labute approximate surface area is 105 Å². The highest BCUT2D eigenvalue weighted by atomic mass is 19.1. The number of hydrogen-bond donors (Lipinski definition) is 2. The van der Waals surface area contributed by atoms with Crippen molar-refractivity contribution in [2.24, 2.45) is 0 Å². The van der Waals surface area contributed by atoms with Gasteiger partial charge < -0.3 is 10.4 Å². The molecular formula is C13H17FN2O2. The van der Waals surface area contributed by atoms with E-state index in [0.29, 0.717) is 38.2 Å². The minimum absolute atomic E-state index is 0.0258. The van der Waals surface area contributed by atoms with Gasteiger partial charge in [0.25, 0.3) is 0 Å². The van der Waals surface area contributed by atoms with Gasteiger partial charge in [0, 0.05) is 38.2 Å². The molecule has 1 aromatic rings. The third kappa shape index (κ3) is 3.27. The van der Waals surface area contributed by atoms with E-state index < -0.39 is 11.9 Å². The lowest BCUT2D eigenvalue weighted by Gasteiger charge is -2.22. The second kappa shape index (κ2) is 5.93. The zero-order valence-corrected chi connectivity index (χ0v) is 10.1. The van der Waals surface area contributed by atoms with Crippen molar-refractivity contribution in [3.05, 3.63) is 35.6 Å². The summed E-state index contributed by atoms with van der Waals surface area (Å²) >= 11 is 0. The molecule has 2 N–H and O–H groups in total. The molecule has 1 fully saturated rings. The van der Waals surface area contributed by atoms with E-state index >= 15 is 0 Å². The summed E-state index contributed by atoms with van der Waals surface area (Å²) in [6.07, 6.45) is -0.441. The maximum atomic E-state index is 13.5. The number of hydrogen-bond acceptors (Lipinski definition) is 3. The van der Waals surface area contributed by atoms with Crippen molar-refractivity contribution in [1.82, 2.24) is 10.2 Å². The number of amides is 1. The van der Waals surface area contributed by atoms with Crippen molar-refractivity contribution in [1.29, 1.82) is 0 Å². The number of β-amino-alcohol motifs (C(OH)–C–C–N with tert-alkyl or cyclic N) is 1. The van der Waals surface area contributed by atoms with Crippen LogP contribution in [0, 0.1) is 5.82 Å². The molecule has 1 amide bonds. The molecule has 1 saturated heterocycles. The van der Waals surface area contributed by atoms with Crippen molar-refractivity contribution in [2.45, 2.75) is 12.5 Å². The fraction of sp³-hybridized carbons (Fsp3) is 0.462. The van der Waals surface area contributed by atoms with Crippen LogP contribution in [-0.4, -0.2) is 42.1 Å². The van der Waals surface area contributed by atoms with E-state index in [-0.39, 0.29) is 5.91 Å². The number of carbonyl (C=O) groups excluding carboxylic acids is 1. The Morgan fingerprint density at radius 3 is 2.94 bits per heavy atom. The largest absolute Gasteiger partial charge is 0.387 e. The molecular weight excluding hydrogens is 235 g/mol. The first-order valence-electron chi connectivity index (χ1n) is 6.08. The van der Waals surface area contributed by atoms with Gasteiger partial charge in [0.05, 0.1) is 6.10 Å². The number of nitrogens with one attached hydrogen (secondary N) is 1. The molecule has 1 aliphatic rings. The Balaban J connectivity index is 1.96. The summed E-state index contributed by atoms with van der Waals surface area (Å²) in [5.74, 6) is -0.369. The molecule has 0 radical (unpaired) electrons. The lowest BCUT2D eigenvalue weighted by atomic mass is 10.1. The molecule has 1 atom stereocenters. The van der Waals surface area contributed by atoms with Crippen LogP contribution in [0.4, 0.5) is 4.39 Å². The van der Waals surface area contributed by atoms with Crippen molar-refractivity contribution < 1.29 is 14.3 Å². The molecule has 2 rings (SSSR count). The van der Waals surface area contributed by atoms with Crippen LogP contribution in [0.25, 0.3) is 0 Å². The molecule has 0 unspecified atom stereocenters. The highest BCUT2D eigenvalue weighted by Gasteiger charge is 2.19. The van der Waals surface area contributed by atoms with Crippen LogP contribution in [0.2, 0.25) is 0 Å². The van der Waals surface area contributed by atoms with E-state index in [1.165, 1.54) is 6.07 Å². The predicted molar refractivity (Wildman–Crippen MR) is 65.4 cm³/mol. The average molecular weight is 252 g/mol. The monoisotopic (exact) mass is 252 g/mol. The predicted octanol–water partition coefficient (Wildman–Crippen LogP) is 0.681. The second-order valence-corrected chi connectivity index (χ2v) is 4.44. The standard InChI is InChI=1S/C13H17FN2O2/c14-11-4-2-1-3-10(11)12(17)9-16-7-5-13(18)15-6-8-16/h1-4,12,17H,5-9H2,(H,15,18)/t12-/m1/s1. The minimum Gasteiger partial charge on any atom is -0.387 e. The van der Waals surface area contributed by atoms with Gasteiger partial charge in [0.1, 0.15) is 5.82 Å². The van der Waals surface area contributed by atoms with Gasteiger partial charge in [-0.3, -0.25) is 9.69 Å². The average Bonchev–Trinajstić information content (AvgIpc) is 2.55. The summed E-state index contributed by atoms with van der Waals surface area (Å²) in [6, 6.07) is 6.22. The molecule has 18 heavy (non-hydrogen) atoms. The molecule has 1 aliphatic heterocycles.